The van der Waals surface area contributed by atoms with Crippen molar-refractivity contribution in [3.63, 3.8) is 0 Å². The lowest BCUT2D eigenvalue weighted by molar-refractivity contribution is -0.114. The highest BCUT2D eigenvalue weighted by Crippen LogP contribution is 2.26. The quantitative estimate of drug-likeness (QED) is 0.492. The Morgan fingerprint density at radius 2 is 1.66 bits per heavy atom. The molecule has 1 aromatic heterocycles. The third kappa shape index (κ3) is 5.51. The molecule has 2 amide bonds. The van der Waals surface area contributed by atoms with E-state index in [0.717, 1.165) is 24.3 Å². The fourth-order valence-electron chi connectivity index (χ4n) is 4.31. The smallest absolute Gasteiger partial charge is 0.335 e. The van der Waals surface area contributed by atoms with E-state index in [-0.39, 0.29) is 17.4 Å². The lowest BCUT2D eigenvalue weighted by Gasteiger charge is -2.36. The number of hydrogen-bond acceptors (Lipinski definition) is 6. The van der Waals surface area contributed by atoms with E-state index < -0.39 is 5.97 Å². The van der Waals surface area contributed by atoms with E-state index in [4.69, 9.17) is 4.42 Å². The van der Waals surface area contributed by atoms with Gasteiger partial charge in [-0.05, 0) is 55.0 Å². The average molecular weight is 515 g/mol. The molecule has 2 aromatic carbocycles. The van der Waals surface area contributed by atoms with Gasteiger partial charge in [-0.3, -0.25) is 9.59 Å². The lowest BCUT2D eigenvalue weighted by Crippen LogP contribution is -2.48. The Bertz CT molecular complexity index is 1370. The van der Waals surface area contributed by atoms with Gasteiger partial charge in [0.2, 0.25) is 0 Å². The zero-order valence-corrected chi connectivity index (χ0v) is 21.6. The van der Waals surface area contributed by atoms with Crippen LogP contribution in [0.2, 0.25) is 0 Å². The van der Waals surface area contributed by atoms with Gasteiger partial charge in [0.25, 0.3) is 11.8 Å². The molecule has 196 valence electrons. The van der Waals surface area contributed by atoms with Crippen LogP contribution >= 0.6 is 0 Å². The Balaban J connectivity index is 0.00000164. The lowest BCUT2D eigenvalue weighted by atomic mass is 10.1. The average Bonchev–Trinajstić information content (AvgIpc) is 3.59. The number of carboxylic acids is 1. The molecule has 0 bridgehead atoms. The van der Waals surface area contributed by atoms with Crippen LogP contribution in [0.25, 0.3) is 6.08 Å². The van der Waals surface area contributed by atoms with Crippen LogP contribution in [0.3, 0.4) is 0 Å². The molecular weight excluding hydrogens is 484 g/mol. The van der Waals surface area contributed by atoms with Crippen molar-refractivity contribution in [3.8, 4) is 0 Å². The van der Waals surface area contributed by atoms with E-state index >= 15 is 0 Å². The SMILES string of the molecule is CC.CC1=NN(c2cccc(C(=O)O)c2)C(=O)/C1=C\c1ccc(N2CCN(C(=O)c3ccoc3)CC2)cc1. The maximum Gasteiger partial charge on any atom is 0.335 e. The molecule has 9 heteroatoms. The highest BCUT2D eigenvalue weighted by atomic mass is 16.4. The summed E-state index contributed by atoms with van der Waals surface area (Å²) in [5.74, 6) is -1.39. The fourth-order valence-corrected chi connectivity index (χ4v) is 4.31. The second kappa shape index (κ2) is 11.6. The van der Waals surface area contributed by atoms with Crippen LogP contribution in [0, 0.1) is 0 Å². The molecule has 38 heavy (non-hydrogen) atoms. The van der Waals surface area contributed by atoms with Gasteiger partial charge < -0.3 is 19.3 Å². The van der Waals surface area contributed by atoms with E-state index in [9.17, 15) is 19.5 Å². The Labute approximate surface area is 221 Å². The molecule has 0 saturated carbocycles. The standard InChI is InChI=1S/C27H24N4O5.C2H6/c1-18-24(26(33)31(28-18)23-4-2-3-20(16-23)27(34)35)15-19-5-7-22(8-6-19)29-10-12-30(13-11-29)25(32)21-9-14-36-17-21;1-2/h2-9,14-17H,10-13H2,1H3,(H,34,35);1-2H3/b24-15-;. The largest absolute Gasteiger partial charge is 0.478 e. The first-order valence-electron chi connectivity index (χ1n) is 12.5. The summed E-state index contributed by atoms with van der Waals surface area (Å²) < 4.78 is 5.02. The summed E-state index contributed by atoms with van der Waals surface area (Å²) in [5, 5.41) is 14.8. The molecule has 0 aliphatic carbocycles. The van der Waals surface area contributed by atoms with E-state index in [1.54, 1.807) is 31.2 Å². The number of carbonyl (C=O) groups is 3. The van der Waals surface area contributed by atoms with Gasteiger partial charge in [-0.25, -0.2) is 4.79 Å². The molecule has 1 fully saturated rings. The molecule has 1 N–H and O–H groups in total. The van der Waals surface area contributed by atoms with E-state index in [1.807, 2.05) is 43.0 Å². The summed E-state index contributed by atoms with van der Waals surface area (Å²) in [6.45, 7) is 8.44. The van der Waals surface area contributed by atoms with Gasteiger partial charge in [0.15, 0.2) is 0 Å². The minimum Gasteiger partial charge on any atom is -0.478 e. The first kappa shape index (κ1) is 26.4. The molecule has 0 atom stereocenters. The Morgan fingerprint density at radius 1 is 0.947 bits per heavy atom. The van der Waals surface area contributed by atoms with Gasteiger partial charge in [-0.1, -0.05) is 32.0 Å². The van der Waals surface area contributed by atoms with Crippen molar-refractivity contribution < 1.29 is 23.9 Å². The summed E-state index contributed by atoms with van der Waals surface area (Å²) in [4.78, 5) is 40.9. The second-order valence-corrected chi connectivity index (χ2v) is 8.60. The molecule has 5 rings (SSSR count). The number of hydrogen-bond donors (Lipinski definition) is 1. The topological polar surface area (TPSA) is 107 Å². The minimum atomic E-state index is -1.06. The Morgan fingerprint density at radius 3 is 2.29 bits per heavy atom. The number of carboxylic acid groups (broad SMARTS) is 1. The molecule has 0 unspecified atom stereocenters. The van der Waals surface area contributed by atoms with Gasteiger partial charge in [0.1, 0.15) is 6.26 Å². The maximum atomic E-state index is 13.0. The van der Waals surface area contributed by atoms with Gasteiger partial charge in [0, 0.05) is 31.9 Å². The molecule has 2 aliphatic rings. The van der Waals surface area contributed by atoms with Gasteiger partial charge in [-0.15, -0.1) is 0 Å². The molecule has 1 saturated heterocycles. The first-order chi connectivity index (χ1) is 18.4. The van der Waals surface area contributed by atoms with Crippen LogP contribution in [-0.4, -0.2) is 59.7 Å². The number of furan rings is 1. The molecule has 9 nitrogen and oxygen atoms in total. The normalized spacial score (nSPS) is 16.3. The summed E-state index contributed by atoms with van der Waals surface area (Å²) in [7, 11) is 0. The van der Waals surface area contributed by atoms with Gasteiger partial charge >= 0.3 is 5.97 Å². The summed E-state index contributed by atoms with van der Waals surface area (Å²) >= 11 is 0. The van der Waals surface area contributed by atoms with Crippen molar-refractivity contribution in [2.45, 2.75) is 20.8 Å². The highest BCUT2D eigenvalue weighted by Gasteiger charge is 2.29. The minimum absolute atomic E-state index is 0.0210. The maximum absolute atomic E-state index is 13.0. The number of carbonyl (C=O) groups excluding carboxylic acids is 2. The van der Waals surface area contributed by atoms with Crippen molar-refractivity contribution in [1.29, 1.82) is 0 Å². The number of anilines is 2. The van der Waals surface area contributed by atoms with Crippen LogP contribution in [0.4, 0.5) is 11.4 Å². The first-order valence-corrected chi connectivity index (χ1v) is 12.5. The number of hydrazone groups is 1. The summed E-state index contributed by atoms with van der Waals surface area (Å²) in [6, 6.07) is 15.7. The number of nitrogens with zero attached hydrogens (tertiary/aromatic N) is 4. The molecule has 0 radical (unpaired) electrons. The number of benzene rings is 2. The molecule has 2 aliphatic heterocycles. The van der Waals surface area contributed by atoms with Crippen LogP contribution in [-0.2, 0) is 4.79 Å². The number of rotatable bonds is 5. The van der Waals surface area contributed by atoms with Crippen molar-refractivity contribution in [2.75, 3.05) is 36.1 Å². The molecule has 0 spiro atoms. The monoisotopic (exact) mass is 514 g/mol. The van der Waals surface area contributed by atoms with Gasteiger partial charge in [0.05, 0.1) is 34.4 Å². The van der Waals surface area contributed by atoms with E-state index in [2.05, 4.69) is 10.0 Å². The molecule has 3 heterocycles. The van der Waals surface area contributed by atoms with Crippen LogP contribution < -0.4 is 9.91 Å². The van der Waals surface area contributed by atoms with Gasteiger partial charge in [-0.2, -0.15) is 10.1 Å². The summed E-state index contributed by atoms with van der Waals surface area (Å²) in [6.07, 6.45) is 4.75. The van der Waals surface area contributed by atoms with Crippen molar-refractivity contribution in [1.82, 2.24) is 4.90 Å². The summed E-state index contributed by atoms with van der Waals surface area (Å²) in [5.41, 5.74) is 3.97. The number of amides is 2. The predicted molar refractivity (Wildman–Crippen MR) is 147 cm³/mol. The fraction of sp³-hybridized carbons (Fsp3) is 0.241. The Hall–Kier alpha value is -4.66. The van der Waals surface area contributed by atoms with Crippen LogP contribution in [0.15, 0.2) is 82.2 Å². The number of piperazine rings is 1. The van der Waals surface area contributed by atoms with E-state index in [0.29, 0.717) is 35.6 Å². The Kier molecular flexibility index (Phi) is 8.06. The van der Waals surface area contributed by atoms with Crippen molar-refractivity contribution in [2.24, 2.45) is 5.10 Å². The third-order valence-electron chi connectivity index (χ3n) is 6.30. The highest BCUT2D eigenvalue weighted by molar-refractivity contribution is 6.32. The zero-order chi connectivity index (χ0) is 27.2. The van der Waals surface area contributed by atoms with Crippen molar-refractivity contribution >= 4 is 40.9 Å². The van der Waals surface area contributed by atoms with E-state index in [1.165, 1.54) is 29.7 Å². The van der Waals surface area contributed by atoms with Crippen LogP contribution in [0.5, 0.6) is 0 Å². The molecular formula is C29H30N4O5. The molecule has 3 aromatic rings. The second-order valence-electron chi connectivity index (χ2n) is 8.60. The third-order valence-corrected chi connectivity index (χ3v) is 6.30. The zero-order valence-electron chi connectivity index (χ0n) is 21.6. The number of aromatic carboxylic acids is 1. The predicted octanol–water partition coefficient (Wildman–Crippen LogP) is 4.77. The van der Waals surface area contributed by atoms with Crippen molar-refractivity contribution in [3.05, 3.63) is 89.4 Å². The van der Waals surface area contributed by atoms with Crippen LogP contribution in [0.1, 0.15) is 47.1 Å².